The minimum absolute atomic E-state index is 0.138. The molecule has 136 valence electrons. The quantitative estimate of drug-likeness (QED) is 0.863. The van der Waals surface area contributed by atoms with Crippen LogP contribution in [0.15, 0.2) is 30.9 Å². The van der Waals surface area contributed by atoms with Crippen LogP contribution in [0.3, 0.4) is 0 Å². The molecule has 0 radical (unpaired) electrons. The second-order valence-corrected chi connectivity index (χ2v) is 6.22. The Morgan fingerprint density at radius 1 is 1.44 bits per heavy atom. The Bertz CT molecular complexity index is 692. The molecule has 1 aliphatic rings. The summed E-state index contributed by atoms with van der Waals surface area (Å²) in [6, 6.07) is 2.97. The fraction of sp³-hybridized carbons (Fsp3) is 0.529. The Kier molecular flexibility index (Phi) is 5.41. The molecule has 0 spiro atoms. The summed E-state index contributed by atoms with van der Waals surface area (Å²) in [6.45, 7) is 2.05. The van der Waals surface area contributed by atoms with E-state index in [-0.39, 0.29) is 12.1 Å². The van der Waals surface area contributed by atoms with Crippen LogP contribution in [-0.4, -0.2) is 38.9 Å². The Labute approximate surface area is 144 Å². The second-order valence-electron chi connectivity index (χ2n) is 6.22. The van der Waals surface area contributed by atoms with E-state index in [1.807, 2.05) is 0 Å². The predicted octanol–water partition coefficient (Wildman–Crippen LogP) is 2.38. The topological polar surface area (TPSA) is 69.4 Å². The van der Waals surface area contributed by atoms with E-state index >= 15 is 0 Å². The molecule has 0 bridgehead atoms. The molecule has 8 heteroatoms. The average Bonchev–Trinajstić information content (AvgIpc) is 3.10. The number of nitrogens with zero attached hydrogens (tertiary/aromatic N) is 3. The first-order valence-electron chi connectivity index (χ1n) is 8.26. The zero-order valence-electron chi connectivity index (χ0n) is 13.9. The monoisotopic (exact) mass is 353 g/mol. The van der Waals surface area contributed by atoms with E-state index in [4.69, 9.17) is 9.47 Å². The van der Waals surface area contributed by atoms with Crippen molar-refractivity contribution >= 4 is 0 Å². The van der Waals surface area contributed by atoms with Gasteiger partial charge < -0.3 is 14.6 Å². The summed E-state index contributed by atoms with van der Waals surface area (Å²) < 4.78 is 40.8. The molecule has 6 nitrogen and oxygen atoms in total. The summed E-state index contributed by atoms with van der Waals surface area (Å²) in [6.07, 6.45) is 3.95. The average molecular weight is 353 g/mol. The molecule has 1 saturated heterocycles. The van der Waals surface area contributed by atoms with Gasteiger partial charge in [-0.3, -0.25) is 0 Å². The SMILES string of the molecule is C[C@H](OC1CCCCO1)[C@@](O)(Cn1cncn1)c1cc(F)ccc1F. The number of hydrogen-bond donors (Lipinski definition) is 1. The summed E-state index contributed by atoms with van der Waals surface area (Å²) in [5.41, 5.74) is -2.04. The van der Waals surface area contributed by atoms with Gasteiger partial charge >= 0.3 is 0 Å². The molecule has 1 N–H and O–H groups in total. The molecule has 1 aromatic heterocycles. The van der Waals surface area contributed by atoms with Crippen molar-refractivity contribution in [3.05, 3.63) is 48.1 Å². The van der Waals surface area contributed by atoms with Gasteiger partial charge in [0, 0.05) is 12.2 Å². The molecule has 1 aromatic carbocycles. The van der Waals surface area contributed by atoms with E-state index in [2.05, 4.69) is 10.1 Å². The smallest absolute Gasteiger partial charge is 0.158 e. The first kappa shape index (κ1) is 17.9. The minimum atomic E-state index is -1.85. The number of ether oxygens (including phenoxy) is 2. The standard InChI is InChI=1S/C17H21F2N3O3/c1-12(25-16-4-2-3-7-24-16)17(23,9-22-11-20-10-21-22)14-8-13(18)5-6-15(14)19/h5-6,8,10-12,16,23H,2-4,7,9H2,1H3/t12-,16?,17-/m0/s1. The molecule has 1 unspecified atom stereocenters. The first-order valence-corrected chi connectivity index (χ1v) is 8.26. The molecule has 2 aromatic rings. The number of aromatic nitrogens is 3. The lowest BCUT2D eigenvalue weighted by Crippen LogP contribution is -2.46. The van der Waals surface area contributed by atoms with Crippen molar-refractivity contribution in [2.45, 2.75) is 50.7 Å². The van der Waals surface area contributed by atoms with Crippen LogP contribution in [-0.2, 0) is 21.6 Å². The number of aliphatic hydroxyl groups is 1. The maximum atomic E-state index is 14.4. The van der Waals surface area contributed by atoms with E-state index in [9.17, 15) is 13.9 Å². The zero-order chi connectivity index (χ0) is 17.9. The van der Waals surface area contributed by atoms with Gasteiger partial charge in [0.05, 0.1) is 12.6 Å². The maximum Gasteiger partial charge on any atom is 0.158 e. The van der Waals surface area contributed by atoms with Crippen molar-refractivity contribution < 1.29 is 23.4 Å². The summed E-state index contributed by atoms with van der Waals surface area (Å²) >= 11 is 0. The van der Waals surface area contributed by atoms with Gasteiger partial charge in [0.25, 0.3) is 0 Å². The van der Waals surface area contributed by atoms with Gasteiger partial charge in [0.2, 0.25) is 0 Å². The highest BCUT2D eigenvalue weighted by molar-refractivity contribution is 5.26. The highest BCUT2D eigenvalue weighted by Crippen LogP contribution is 2.33. The Morgan fingerprint density at radius 3 is 2.96 bits per heavy atom. The van der Waals surface area contributed by atoms with Gasteiger partial charge in [0.1, 0.15) is 29.9 Å². The fourth-order valence-electron chi connectivity index (χ4n) is 2.98. The van der Waals surface area contributed by atoms with Gasteiger partial charge in [0.15, 0.2) is 6.29 Å². The van der Waals surface area contributed by atoms with Crippen molar-refractivity contribution in [3.8, 4) is 0 Å². The van der Waals surface area contributed by atoms with E-state index in [0.29, 0.717) is 13.0 Å². The third-order valence-electron chi connectivity index (χ3n) is 4.43. The summed E-state index contributed by atoms with van der Waals surface area (Å²) in [7, 11) is 0. The third-order valence-corrected chi connectivity index (χ3v) is 4.43. The second kappa shape index (κ2) is 7.55. The molecular weight excluding hydrogens is 332 g/mol. The number of hydrogen-bond acceptors (Lipinski definition) is 5. The first-order chi connectivity index (χ1) is 12.0. The molecule has 0 saturated carbocycles. The summed E-state index contributed by atoms with van der Waals surface area (Å²) in [4.78, 5) is 3.82. The highest BCUT2D eigenvalue weighted by atomic mass is 19.1. The van der Waals surface area contributed by atoms with Crippen LogP contribution in [0, 0.1) is 11.6 Å². The Morgan fingerprint density at radius 2 is 2.28 bits per heavy atom. The van der Waals surface area contributed by atoms with Crippen LogP contribution in [0.25, 0.3) is 0 Å². The van der Waals surface area contributed by atoms with Crippen LogP contribution in [0.2, 0.25) is 0 Å². The zero-order valence-corrected chi connectivity index (χ0v) is 13.9. The van der Waals surface area contributed by atoms with Crippen molar-refractivity contribution in [1.82, 2.24) is 14.8 Å². The Balaban J connectivity index is 1.91. The molecule has 25 heavy (non-hydrogen) atoms. The van der Waals surface area contributed by atoms with Crippen LogP contribution in [0.4, 0.5) is 8.78 Å². The lowest BCUT2D eigenvalue weighted by atomic mass is 9.88. The summed E-state index contributed by atoms with van der Waals surface area (Å²) in [5.74, 6) is -1.36. The lowest BCUT2D eigenvalue weighted by Gasteiger charge is -2.37. The third kappa shape index (κ3) is 4.02. The molecule has 1 aliphatic heterocycles. The number of benzene rings is 1. The van der Waals surface area contributed by atoms with Gasteiger partial charge in [-0.05, 0) is 44.4 Å². The maximum absolute atomic E-state index is 14.4. The van der Waals surface area contributed by atoms with E-state index in [1.165, 1.54) is 17.3 Å². The Hall–Kier alpha value is -1.90. The molecule has 3 atom stereocenters. The number of halogens is 2. The van der Waals surface area contributed by atoms with Crippen molar-refractivity contribution in [3.63, 3.8) is 0 Å². The molecule has 0 aliphatic carbocycles. The summed E-state index contributed by atoms with van der Waals surface area (Å²) in [5, 5.41) is 15.2. The van der Waals surface area contributed by atoms with Gasteiger partial charge in [-0.2, -0.15) is 5.10 Å². The van der Waals surface area contributed by atoms with E-state index < -0.39 is 29.6 Å². The predicted molar refractivity (Wildman–Crippen MR) is 84.4 cm³/mol. The van der Waals surface area contributed by atoms with Crippen LogP contribution < -0.4 is 0 Å². The van der Waals surface area contributed by atoms with Gasteiger partial charge in [-0.15, -0.1) is 0 Å². The normalized spacial score (nSPS) is 21.7. The van der Waals surface area contributed by atoms with Crippen molar-refractivity contribution in [2.24, 2.45) is 0 Å². The van der Waals surface area contributed by atoms with Gasteiger partial charge in [-0.25, -0.2) is 18.4 Å². The van der Waals surface area contributed by atoms with Gasteiger partial charge in [-0.1, -0.05) is 0 Å². The minimum Gasteiger partial charge on any atom is -0.380 e. The van der Waals surface area contributed by atoms with Crippen LogP contribution >= 0.6 is 0 Å². The number of rotatable bonds is 6. The molecule has 3 rings (SSSR count). The fourth-order valence-corrected chi connectivity index (χ4v) is 2.98. The molecule has 1 fully saturated rings. The lowest BCUT2D eigenvalue weighted by molar-refractivity contribution is -0.229. The molecular formula is C17H21F2N3O3. The molecule has 0 amide bonds. The van der Waals surface area contributed by atoms with Crippen LogP contribution in [0.5, 0.6) is 0 Å². The van der Waals surface area contributed by atoms with Crippen molar-refractivity contribution in [2.75, 3.05) is 6.61 Å². The van der Waals surface area contributed by atoms with E-state index in [1.54, 1.807) is 6.92 Å². The van der Waals surface area contributed by atoms with Crippen LogP contribution in [0.1, 0.15) is 31.7 Å². The highest BCUT2D eigenvalue weighted by Gasteiger charge is 2.41. The largest absolute Gasteiger partial charge is 0.380 e. The molecule has 2 heterocycles. The van der Waals surface area contributed by atoms with Crippen molar-refractivity contribution in [1.29, 1.82) is 0 Å². The van der Waals surface area contributed by atoms with E-state index in [0.717, 1.165) is 31.0 Å².